The molecule has 22 heavy (non-hydrogen) atoms. The van der Waals surface area contributed by atoms with Crippen molar-refractivity contribution in [2.75, 3.05) is 25.6 Å². The highest BCUT2D eigenvalue weighted by Gasteiger charge is 2.09. The summed E-state index contributed by atoms with van der Waals surface area (Å²) in [6, 6.07) is 7.33. The number of nitrogens with one attached hydrogen (secondary N) is 2. The van der Waals surface area contributed by atoms with Gasteiger partial charge < -0.3 is 20.1 Å². The number of benzene rings is 1. The van der Waals surface area contributed by atoms with Crippen molar-refractivity contribution in [3.63, 3.8) is 0 Å². The first-order valence-corrected chi connectivity index (χ1v) is 7.72. The van der Waals surface area contributed by atoms with Gasteiger partial charge in [-0.3, -0.25) is 9.59 Å². The third kappa shape index (κ3) is 8.06. The second-order valence-corrected chi connectivity index (χ2v) is 5.55. The Balaban J connectivity index is 2.25. The predicted molar refractivity (Wildman–Crippen MR) is 90.6 cm³/mol. The molecule has 0 heterocycles. The van der Waals surface area contributed by atoms with Crippen LogP contribution in [0.15, 0.2) is 28.7 Å². The van der Waals surface area contributed by atoms with Gasteiger partial charge in [-0.25, -0.2) is 0 Å². The van der Waals surface area contributed by atoms with E-state index in [1.54, 1.807) is 0 Å². The van der Waals surface area contributed by atoms with Gasteiger partial charge in [0.2, 0.25) is 5.91 Å². The number of carbonyl (C=O) groups excluding carboxylic acids is 2. The molecule has 1 amide bonds. The third-order valence-electron chi connectivity index (χ3n) is 2.46. The first-order chi connectivity index (χ1) is 10.5. The molecule has 0 aliphatic rings. The number of hydrogen-bond acceptors (Lipinski definition) is 5. The fourth-order valence-electron chi connectivity index (χ4n) is 1.41. The van der Waals surface area contributed by atoms with E-state index in [4.69, 9.17) is 21.7 Å². The van der Waals surface area contributed by atoms with Gasteiger partial charge in [0.05, 0.1) is 13.0 Å². The molecule has 0 aliphatic heterocycles. The Bertz CT molecular complexity index is 522. The Morgan fingerprint density at radius 1 is 1.18 bits per heavy atom. The van der Waals surface area contributed by atoms with Crippen LogP contribution in [0.3, 0.4) is 0 Å². The summed E-state index contributed by atoms with van der Waals surface area (Å²) < 4.78 is 10.5. The highest BCUT2D eigenvalue weighted by atomic mass is 79.9. The highest BCUT2D eigenvalue weighted by molar-refractivity contribution is 9.10. The van der Waals surface area contributed by atoms with Crippen molar-refractivity contribution in [1.29, 1.82) is 0 Å². The normalized spacial score (nSPS) is 9.91. The minimum Gasteiger partial charge on any atom is -0.463 e. The van der Waals surface area contributed by atoms with Gasteiger partial charge in [0.25, 0.3) is 0 Å². The predicted octanol–water partition coefficient (Wildman–Crippen LogP) is 2.23. The quantitative estimate of drug-likeness (QED) is 0.423. The van der Waals surface area contributed by atoms with Crippen LogP contribution in [-0.2, 0) is 19.1 Å². The van der Waals surface area contributed by atoms with E-state index < -0.39 is 5.97 Å². The van der Waals surface area contributed by atoms with Crippen LogP contribution >= 0.6 is 28.1 Å². The Hall–Kier alpha value is -1.51. The van der Waals surface area contributed by atoms with E-state index in [0.717, 1.165) is 10.2 Å². The second kappa shape index (κ2) is 10.3. The van der Waals surface area contributed by atoms with E-state index in [9.17, 15) is 9.59 Å². The van der Waals surface area contributed by atoms with Crippen LogP contribution in [0.4, 0.5) is 5.69 Å². The maximum Gasteiger partial charge on any atom is 0.306 e. The summed E-state index contributed by atoms with van der Waals surface area (Å²) in [5.41, 5.74) is 0.757. The maximum atomic E-state index is 11.7. The molecule has 2 N–H and O–H groups in total. The zero-order chi connectivity index (χ0) is 16.4. The van der Waals surface area contributed by atoms with Gasteiger partial charge in [0.1, 0.15) is 6.61 Å². The van der Waals surface area contributed by atoms with Gasteiger partial charge in [-0.2, -0.15) is 0 Å². The lowest BCUT2D eigenvalue weighted by Crippen LogP contribution is -2.34. The number of rotatable bonds is 7. The Morgan fingerprint density at radius 3 is 2.50 bits per heavy atom. The number of anilines is 1. The number of methoxy groups -OCH3 is 1. The van der Waals surface area contributed by atoms with Crippen molar-refractivity contribution < 1.29 is 19.1 Å². The number of halogens is 1. The van der Waals surface area contributed by atoms with Gasteiger partial charge in [-0.15, -0.1) is 0 Å². The molecule has 0 fully saturated rings. The largest absolute Gasteiger partial charge is 0.463 e. The van der Waals surface area contributed by atoms with Crippen molar-refractivity contribution in [3.8, 4) is 0 Å². The van der Waals surface area contributed by atoms with Crippen LogP contribution in [0, 0.1) is 0 Å². The minimum absolute atomic E-state index is 0.00353. The standard InChI is InChI=1S/C14H17BrN2O4S/c1-20-8-9-21-13(19)7-6-12(18)17-14(22)16-11-4-2-10(15)3-5-11/h2-5H,6-9H2,1H3,(H2,16,17,18,22). The number of amides is 1. The SMILES string of the molecule is COCCOC(=O)CCC(=O)NC(=S)Nc1ccc(Br)cc1. The fraction of sp³-hybridized carbons (Fsp3) is 0.357. The summed E-state index contributed by atoms with van der Waals surface area (Å²) in [5.74, 6) is -0.794. The van der Waals surface area contributed by atoms with Crippen LogP contribution in [0.2, 0.25) is 0 Å². The van der Waals surface area contributed by atoms with Gasteiger partial charge >= 0.3 is 5.97 Å². The minimum atomic E-state index is -0.445. The average Bonchev–Trinajstić information content (AvgIpc) is 2.48. The summed E-state index contributed by atoms with van der Waals surface area (Å²) in [5, 5.41) is 5.56. The molecule has 0 unspecified atom stereocenters. The van der Waals surface area contributed by atoms with Crippen molar-refractivity contribution in [2.24, 2.45) is 0 Å². The molecule has 0 saturated carbocycles. The molecule has 0 saturated heterocycles. The lowest BCUT2D eigenvalue weighted by molar-refractivity contribution is -0.146. The van der Waals surface area contributed by atoms with Crippen LogP contribution in [-0.4, -0.2) is 37.3 Å². The third-order valence-corrected chi connectivity index (χ3v) is 3.19. The lowest BCUT2D eigenvalue weighted by Gasteiger charge is -2.09. The monoisotopic (exact) mass is 388 g/mol. The molecule has 1 aromatic carbocycles. The number of esters is 1. The van der Waals surface area contributed by atoms with E-state index >= 15 is 0 Å². The van der Waals surface area contributed by atoms with E-state index in [2.05, 4.69) is 26.6 Å². The summed E-state index contributed by atoms with van der Waals surface area (Å²) in [6.07, 6.45) is 0.00438. The molecular formula is C14H17BrN2O4S. The van der Waals surface area contributed by atoms with Crippen molar-refractivity contribution in [1.82, 2.24) is 5.32 Å². The van der Waals surface area contributed by atoms with E-state index in [-0.39, 0.29) is 30.5 Å². The Labute approximate surface area is 142 Å². The van der Waals surface area contributed by atoms with E-state index in [0.29, 0.717) is 6.61 Å². The van der Waals surface area contributed by atoms with E-state index in [1.165, 1.54) is 7.11 Å². The summed E-state index contributed by atoms with van der Waals surface area (Å²) in [7, 11) is 1.51. The van der Waals surface area contributed by atoms with E-state index in [1.807, 2.05) is 24.3 Å². The van der Waals surface area contributed by atoms with Gasteiger partial charge in [0, 0.05) is 23.7 Å². The van der Waals surface area contributed by atoms with Crippen LogP contribution in [0.5, 0.6) is 0 Å². The van der Waals surface area contributed by atoms with Crippen LogP contribution in [0.1, 0.15) is 12.8 Å². The smallest absolute Gasteiger partial charge is 0.306 e. The average molecular weight is 389 g/mol. The van der Waals surface area contributed by atoms with Gasteiger partial charge in [0.15, 0.2) is 5.11 Å². The number of ether oxygens (including phenoxy) is 2. The number of hydrogen-bond donors (Lipinski definition) is 2. The van der Waals surface area contributed by atoms with Crippen molar-refractivity contribution >= 4 is 50.8 Å². The summed E-state index contributed by atoms with van der Waals surface area (Å²) in [6.45, 7) is 0.514. The van der Waals surface area contributed by atoms with Crippen LogP contribution < -0.4 is 10.6 Å². The first-order valence-electron chi connectivity index (χ1n) is 6.52. The Morgan fingerprint density at radius 2 is 1.86 bits per heavy atom. The maximum absolute atomic E-state index is 11.7. The van der Waals surface area contributed by atoms with Crippen LogP contribution in [0.25, 0.3) is 0 Å². The molecule has 0 radical (unpaired) electrons. The molecule has 0 aromatic heterocycles. The number of carbonyl (C=O) groups is 2. The number of thiocarbonyl (C=S) groups is 1. The highest BCUT2D eigenvalue weighted by Crippen LogP contribution is 2.13. The molecule has 0 aliphatic carbocycles. The molecular weight excluding hydrogens is 372 g/mol. The first kappa shape index (κ1) is 18.5. The zero-order valence-electron chi connectivity index (χ0n) is 12.1. The topological polar surface area (TPSA) is 76.7 Å². The molecule has 0 spiro atoms. The molecule has 1 aromatic rings. The lowest BCUT2D eigenvalue weighted by atomic mass is 10.3. The molecule has 0 atom stereocenters. The molecule has 6 nitrogen and oxygen atoms in total. The zero-order valence-corrected chi connectivity index (χ0v) is 14.5. The summed E-state index contributed by atoms with van der Waals surface area (Å²) >= 11 is 8.35. The second-order valence-electron chi connectivity index (χ2n) is 4.22. The van der Waals surface area contributed by atoms with Gasteiger partial charge in [-0.05, 0) is 36.5 Å². The molecule has 8 heteroatoms. The molecule has 1 rings (SSSR count). The van der Waals surface area contributed by atoms with Crippen molar-refractivity contribution in [3.05, 3.63) is 28.7 Å². The van der Waals surface area contributed by atoms with Crippen molar-refractivity contribution in [2.45, 2.75) is 12.8 Å². The molecule has 0 bridgehead atoms. The molecule has 120 valence electrons. The van der Waals surface area contributed by atoms with Gasteiger partial charge in [-0.1, -0.05) is 15.9 Å². The Kier molecular flexibility index (Phi) is 8.64. The summed E-state index contributed by atoms with van der Waals surface area (Å²) in [4.78, 5) is 23.0. The fourth-order valence-corrected chi connectivity index (χ4v) is 1.91.